The number of carbonyl (C=O) groups excluding carboxylic acids is 2. The van der Waals surface area contributed by atoms with Crippen LogP contribution in [0.25, 0.3) is 0 Å². The van der Waals surface area contributed by atoms with Gasteiger partial charge in [-0.05, 0) is 73.4 Å². The molecule has 1 N–H and O–H groups in total. The molecule has 2 amide bonds. The minimum atomic E-state index is -0.680. The van der Waals surface area contributed by atoms with E-state index in [4.69, 9.17) is 21.1 Å². The fourth-order valence-corrected chi connectivity index (χ4v) is 5.56. The minimum Gasteiger partial charge on any atom is -0.493 e. The molecule has 0 atom stereocenters. The number of aliphatic carboxylic acids is 1. The molecule has 8 nitrogen and oxygen atoms in total. The normalized spacial score (nSPS) is 19.5. The molecule has 2 aliphatic rings. The second kappa shape index (κ2) is 13.8. The van der Waals surface area contributed by atoms with E-state index in [9.17, 15) is 19.5 Å². The molecule has 4 rings (SSSR count). The molecule has 0 spiro atoms. The zero-order chi connectivity index (χ0) is 27.8. The first-order valence-electron chi connectivity index (χ1n) is 13.6. The van der Waals surface area contributed by atoms with Gasteiger partial charge in [0.1, 0.15) is 6.61 Å². The van der Waals surface area contributed by atoms with E-state index in [-0.39, 0.29) is 43.7 Å². The van der Waals surface area contributed by atoms with E-state index >= 15 is 0 Å². The third-order valence-electron chi connectivity index (χ3n) is 7.70. The number of carboxylic acids is 1. The lowest BCUT2D eigenvalue weighted by molar-refractivity contribution is -0.143. The van der Waals surface area contributed by atoms with Crippen molar-refractivity contribution in [2.24, 2.45) is 11.8 Å². The first kappa shape index (κ1) is 28.9. The largest absolute Gasteiger partial charge is 0.493 e. The van der Waals surface area contributed by atoms with E-state index in [1.54, 1.807) is 7.11 Å². The SMILES string of the molecule is COc1cc(CN(CCc2ccc(Cl)cc2)CC2CCC(C(=O)O)CC2)ccc1OCCN1C(=O)CCC1=O. The van der Waals surface area contributed by atoms with Crippen molar-refractivity contribution in [3.05, 3.63) is 58.6 Å². The number of carbonyl (C=O) groups is 3. The van der Waals surface area contributed by atoms with Gasteiger partial charge < -0.3 is 14.6 Å². The summed E-state index contributed by atoms with van der Waals surface area (Å²) < 4.78 is 11.5. The number of likely N-dealkylation sites (tertiary alicyclic amines) is 1. The van der Waals surface area contributed by atoms with Crippen LogP contribution in [0.4, 0.5) is 0 Å². The van der Waals surface area contributed by atoms with Gasteiger partial charge in [-0.1, -0.05) is 29.8 Å². The summed E-state index contributed by atoms with van der Waals surface area (Å²) in [5, 5.41) is 10.1. The van der Waals surface area contributed by atoms with Crippen LogP contribution < -0.4 is 9.47 Å². The number of methoxy groups -OCH3 is 1. The second-order valence-corrected chi connectivity index (χ2v) is 10.9. The number of nitrogens with zero attached hydrogens (tertiary/aromatic N) is 2. The Bertz CT molecular complexity index is 1130. The van der Waals surface area contributed by atoms with Crippen molar-refractivity contribution >= 4 is 29.4 Å². The van der Waals surface area contributed by atoms with Crippen molar-refractivity contribution in [3.8, 4) is 11.5 Å². The summed E-state index contributed by atoms with van der Waals surface area (Å²) in [6, 6.07) is 13.8. The second-order valence-electron chi connectivity index (χ2n) is 10.4. The molecule has 1 saturated heterocycles. The first-order valence-corrected chi connectivity index (χ1v) is 14.0. The van der Waals surface area contributed by atoms with Crippen molar-refractivity contribution < 1.29 is 29.0 Å². The third kappa shape index (κ3) is 8.19. The van der Waals surface area contributed by atoms with Gasteiger partial charge in [-0.25, -0.2) is 0 Å². The van der Waals surface area contributed by atoms with Crippen molar-refractivity contribution in [2.45, 2.75) is 51.5 Å². The van der Waals surface area contributed by atoms with E-state index in [1.807, 2.05) is 30.3 Å². The molecule has 210 valence electrons. The Kier molecular flexibility index (Phi) is 10.2. The highest BCUT2D eigenvalue weighted by molar-refractivity contribution is 6.30. The Balaban J connectivity index is 1.39. The maximum absolute atomic E-state index is 11.8. The summed E-state index contributed by atoms with van der Waals surface area (Å²) in [6.07, 6.45) is 4.74. The van der Waals surface area contributed by atoms with E-state index in [0.29, 0.717) is 17.4 Å². The van der Waals surface area contributed by atoms with Gasteiger partial charge >= 0.3 is 5.97 Å². The summed E-state index contributed by atoms with van der Waals surface area (Å²) in [5.74, 6) is 0.433. The Morgan fingerprint density at radius 2 is 1.67 bits per heavy atom. The van der Waals surface area contributed by atoms with Crippen LogP contribution in [0.1, 0.15) is 49.7 Å². The molecule has 2 fully saturated rings. The van der Waals surface area contributed by atoms with E-state index in [0.717, 1.165) is 62.3 Å². The number of carboxylic acid groups (broad SMARTS) is 1. The highest BCUT2D eigenvalue weighted by Gasteiger charge is 2.29. The number of rotatable bonds is 13. The Morgan fingerprint density at radius 1 is 1.00 bits per heavy atom. The van der Waals surface area contributed by atoms with E-state index in [1.165, 1.54) is 10.5 Å². The van der Waals surface area contributed by atoms with Crippen molar-refractivity contribution in [1.82, 2.24) is 9.80 Å². The summed E-state index contributed by atoms with van der Waals surface area (Å²) >= 11 is 6.06. The fraction of sp³-hybridized carbons (Fsp3) is 0.500. The van der Waals surface area contributed by atoms with Crippen LogP contribution in [-0.2, 0) is 27.3 Å². The van der Waals surface area contributed by atoms with Gasteiger partial charge in [-0.3, -0.25) is 24.2 Å². The molecule has 1 heterocycles. The average Bonchev–Trinajstić information content (AvgIpc) is 3.25. The summed E-state index contributed by atoms with van der Waals surface area (Å²) in [6.45, 7) is 2.92. The zero-order valence-electron chi connectivity index (χ0n) is 22.4. The topological polar surface area (TPSA) is 96.4 Å². The van der Waals surface area contributed by atoms with Crippen molar-refractivity contribution in [1.29, 1.82) is 0 Å². The average molecular weight is 557 g/mol. The fourth-order valence-electron chi connectivity index (χ4n) is 5.44. The molecule has 39 heavy (non-hydrogen) atoms. The number of amides is 2. The quantitative estimate of drug-likeness (QED) is 0.354. The molecule has 2 aromatic rings. The lowest BCUT2D eigenvalue weighted by Gasteiger charge is -2.32. The van der Waals surface area contributed by atoms with Crippen LogP contribution in [0.2, 0.25) is 5.02 Å². The van der Waals surface area contributed by atoms with Crippen LogP contribution in [0.5, 0.6) is 11.5 Å². The Labute approximate surface area is 234 Å². The molecular formula is C30H37ClN2O6. The zero-order valence-corrected chi connectivity index (χ0v) is 23.2. The monoisotopic (exact) mass is 556 g/mol. The molecule has 1 aliphatic carbocycles. The van der Waals surface area contributed by atoms with E-state index in [2.05, 4.69) is 17.0 Å². The summed E-state index contributed by atoms with van der Waals surface area (Å²) in [7, 11) is 1.60. The van der Waals surface area contributed by atoms with Crippen molar-refractivity contribution in [3.63, 3.8) is 0 Å². The lowest BCUT2D eigenvalue weighted by atomic mass is 9.82. The molecule has 0 radical (unpaired) electrons. The Hall–Kier alpha value is -3.10. The summed E-state index contributed by atoms with van der Waals surface area (Å²) in [5.41, 5.74) is 2.30. The maximum Gasteiger partial charge on any atom is 0.306 e. The lowest BCUT2D eigenvalue weighted by Crippen LogP contribution is -2.34. The van der Waals surface area contributed by atoms with Crippen LogP contribution in [0.15, 0.2) is 42.5 Å². The number of benzene rings is 2. The van der Waals surface area contributed by atoms with Gasteiger partial charge in [0.25, 0.3) is 0 Å². The standard InChI is InChI=1S/C30H37ClN2O6/c1-38-27-18-23(6-11-26(27)39-17-16-33-28(34)12-13-29(33)35)20-32(15-14-21-4-9-25(31)10-5-21)19-22-2-7-24(8-3-22)30(36)37/h4-6,9-11,18,22,24H,2-3,7-8,12-17,19-20H2,1H3,(H,36,37). The molecule has 0 unspecified atom stereocenters. The molecule has 9 heteroatoms. The molecular weight excluding hydrogens is 520 g/mol. The van der Waals surface area contributed by atoms with Crippen LogP contribution >= 0.6 is 11.6 Å². The van der Waals surface area contributed by atoms with Crippen LogP contribution in [0.3, 0.4) is 0 Å². The number of hydrogen-bond donors (Lipinski definition) is 1. The maximum atomic E-state index is 11.8. The third-order valence-corrected chi connectivity index (χ3v) is 7.96. The van der Waals surface area contributed by atoms with Gasteiger partial charge in [0, 0.05) is 37.5 Å². The predicted octanol–water partition coefficient (Wildman–Crippen LogP) is 4.81. The molecule has 0 aromatic heterocycles. The molecule has 1 aliphatic heterocycles. The number of hydrogen-bond acceptors (Lipinski definition) is 6. The highest BCUT2D eigenvalue weighted by Crippen LogP contribution is 2.32. The van der Waals surface area contributed by atoms with Gasteiger partial charge in [0.15, 0.2) is 11.5 Å². The minimum absolute atomic E-state index is 0.152. The number of imide groups is 1. The van der Waals surface area contributed by atoms with Gasteiger partial charge in [0.2, 0.25) is 11.8 Å². The molecule has 0 bridgehead atoms. The highest BCUT2D eigenvalue weighted by atomic mass is 35.5. The Morgan fingerprint density at radius 3 is 2.31 bits per heavy atom. The summed E-state index contributed by atoms with van der Waals surface area (Å²) in [4.78, 5) is 38.7. The predicted molar refractivity (Wildman–Crippen MR) is 148 cm³/mol. The first-order chi connectivity index (χ1) is 18.8. The smallest absolute Gasteiger partial charge is 0.306 e. The van der Waals surface area contributed by atoms with Gasteiger partial charge in [-0.2, -0.15) is 0 Å². The molecule has 1 saturated carbocycles. The number of ether oxygens (including phenoxy) is 2. The molecule has 2 aromatic carbocycles. The van der Waals surface area contributed by atoms with Gasteiger partial charge in [0.05, 0.1) is 19.6 Å². The van der Waals surface area contributed by atoms with Gasteiger partial charge in [-0.15, -0.1) is 0 Å². The van der Waals surface area contributed by atoms with E-state index < -0.39 is 5.97 Å². The van der Waals surface area contributed by atoms with Crippen molar-refractivity contribution in [2.75, 3.05) is 33.4 Å². The van der Waals surface area contributed by atoms with Crippen LogP contribution in [-0.4, -0.2) is 66.0 Å². The van der Waals surface area contributed by atoms with Crippen LogP contribution in [0, 0.1) is 11.8 Å². The number of halogens is 1.